The predicted octanol–water partition coefficient (Wildman–Crippen LogP) is 1.80. The number of benzene rings is 1. The topological polar surface area (TPSA) is 88.2 Å². The fraction of sp³-hybridized carbons (Fsp3) is 0.294. The molecule has 2 heterocycles. The number of pyridine rings is 1. The molecule has 1 fully saturated rings. The Hall–Kier alpha value is -1.90. The summed E-state index contributed by atoms with van der Waals surface area (Å²) in [4.78, 5) is 16.5. The van der Waals surface area contributed by atoms with E-state index in [2.05, 4.69) is 15.0 Å². The summed E-state index contributed by atoms with van der Waals surface area (Å²) in [6.45, 7) is 0.286. The third-order valence-corrected chi connectivity index (χ3v) is 6.49. The predicted molar refractivity (Wildman–Crippen MR) is 97.9 cm³/mol. The van der Waals surface area contributed by atoms with Gasteiger partial charge in [0.1, 0.15) is 0 Å². The number of nitrogens with zero attached hydrogens (tertiary/aromatic N) is 1. The van der Waals surface area contributed by atoms with E-state index in [9.17, 15) is 13.2 Å². The van der Waals surface area contributed by atoms with Crippen molar-refractivity contribution in [2.24, 2.45) is 0 Å². The van der Waals surface area contributed by atoms with Gasteiger partial charge >= 0.3 is 0 Å². The molecule has 1 saturated heterocycles. The summed E-state index contributed by atoms with van der Waals surface area (Å²) in [5.74, 6) is 1.41. The highest BCUT2D eigenvalue weighted by Gasteiger charge is 2.23. The van der Waals surface area contributed by atoms with E-state index in [0.29, 0.717) is 5.56 Å². The standard InChI is InChI=1S/C17H19N3O3S2/c21-17(19-11-14-5-1-2-8-18-14)13-4-3-6-16(10-13)25(22,23)20-15-7-9-24-12-15/h1-6,8,10,15,20H,7,9,11-12H2,(H,19,21)/t15-/m0/s1. The third kappa shape index (κ3) is 4.81. The molecule has 1 aliphatic heterocycles. The Kier molecular flexibility index (Phi) is 5.72. The Morgan fingerprint density at radius 2 is 2.12 bits per heavy atom. The summed E-state index contributed by atoms with van der Waals surface area (Å²) in [5, 5.41) is 2.75. The van der Waals surface area contributed by atoms with Crippen molar-refractivity contribution < 1.29 is 13.2 Å². The van der Waals surface area contributed by atoms with Crippen LogP contribution < -0.4 is 10.0 Å². The molecule has 0 bridgehead atoms. The van der Waals surface area contributed by atoms with Crippen molar-refractivity contribution >= 4 is 27.7 Å². The molecule has 0 unspecified atom stereocenters. The smallest absolute Gasteiger partial charge is 0.251 e. The first-order chi connectivity index (χ1) is 12.0. The molecule has 1 atom stereocenters. The first-order valence-electron chi connectivity index (χ1n) is 7.93. The number of amides is 1. The summed E-state index contributed by atoms with van der Waals surface area (Å²) in [7, 11) is -3.62. The van der Waals surface area contributed by atoms with Crippen molar-refractivity contribution in [2.45, 2.75) is 23.9 Å². The number of rotatable bonds is 6. The highest BCUT2D eigenvalue weighted by atomic mass is 32.2. The van der Waals surface area contributed by atoms with Gasteiger partial charge in [0, 0.05) is 23.6 Å². The maximum atomic E-state index is 12.5. The Morgan fingerprint density at radius 1 is 1.24 bits per heavy atom. The van der Waals surface area contributed by atoms with Gasteiger partial charge in [-0.1, -0.05) is 12.1 Å². The van der Waals surface area contributed by atoms with Crippen LogP contribution in [-0.2, 0) is 16.6 Å². The van der Waals surface area contributed by atoms with E-state index < -0.39 is 10.0 Å². The van der Waals surface area contributed by atoms with Gasteiger partial charge < -0.3 is 5.32 Å². The van der Waals surface area contributed by atoms with Crippen molar-refractivity contribution in [3.63, 3.8) is 0 Å². The Labute approximate surface area is 151 Å². The van der Waals surface area contributed by atoms with Crippen LogP contribution in [0.15, 0.2) is 53.6 Å². The summed E-state index contributed by atoms with van der Waals surface area (Å²) in [5.41, 5.74) is 1.04. The second kappa shape index (κ2) is 7.99. The van der Waals surface area contributed by atoms with Gasteiger partial charge in [-0.2, -0.15) is 11.8 Å². The lowest BCUT2D eigenvalue weighted by molar-refractivity contribution is 0.0950. The Bertz CT molecular complexity index is 835. The van der Waals surface area contributed by atoms with Crippen molar-refractivity contribution in [2.75, 3.05) is 11.5 Å². The molecule has 25 heavy (non-hydrogen) atoms. The first-order valence-corrected chi connectivity index (χ1v) is 10.6. The lowest BCUT2D eigenvalue weighted by atomic mass is 10.2. The maximum absolute atomic E-state index is 12.5. The van der Waals surface area contributed by atoms with E-state index >= 15 is 0 Å². The molecule has 2 N–H and O–H groups in total. The van der Waals surface area contributed by atoms with E-state index in [0.717, 1.165) is 23.6 Å². The summed E-state index contributed by atoms with van der Waals surface area (Å²) < 4.78 is 27.7. The van der Waals surface area contributed by atoms with Crippen LogP contribution in [0.3, 0.4) is 0 Å². The van der Waals surface area contributed by atoms with Gasteiger partial charge in [0.15, 0.2) is 0 Å². The fourth-order valence-corrected chi connectivity index (χ4v) is 5.07. The van der Waals surface area contributed by atoms with Gasteiger partial charge in [0.05, 0.1) is 17.1 Å². The van der Waals surface area contributed by atoms with Crippen molar-refractivity contribution in [3.05, 3.63) is 59.9 Å². The summed E-state index contributed by atoms with van der Waals surface area (Å²) in [6, 6.07) is 11.5. The number of carbonyl (C=O) groups is 1. The van der Waals surface area contributed by atoms with Crippen LogP contribution in [0.2, 0.25) is 0 Å². The normalized spacial score (nSPS) is 17.4. The molecule has 6 nitrogen and oxygen atoms in total. The second-order valence-electron chi connectivity index (χ2n) is 5.71. The van der Waals surface area contributed by atoms with Crippen molar-refractivity contribution in [1.29, 1.82) is 0 Å². The highest BCUT2D eigenvalue weighted by Crippen LogP contribution is 2.20. The van der Waals surface area contributed by atoms with Crippen LogP contribution in [-0.4, -0.2) is 36.9 Å². The molecule has 3 rings (SSSR count). The van der Waals surface area contributed by atoms with E-state index in [1.807, 2.05) is 12.1 Å². The van der Waals surface area contributed by atoms with Gasteiger partial charge in [0.2, 0.25) is 10.0 Å². The lowest BCUT2D eigenvalue weighted by Gasteiger charge is -2.12. The van der Waals surface area contributed by atoms with Gasteiger partial charge in [-0.15, -0.1) is 0 Å². The number of thioether (sulfide) groups is 1. The minimum absolute atomic E-state index is 0.0448. The van der Waals surface area contributed by atoms with E-state index in [-0.39, 0.29) is 23.4 Å². The quantitative estimate of drug-likeness (QED) is 0.801. The molecule has 2 aromatic rings. The van der Waals surface area contributed by atoms with Crippen LogP contribution in [0.25, 0.3) is 0 Å². The van der Waals surface area contributed by atoms with E-state index in [4.69, 9.17) is 0 Å². The largest absolute Gasteiger partial charge is 0.346 e. The number of nitrogens with one attached hydrogen (secondary N) is 2. The summed E-state index contributed by atoms with van der Waals surface area (Å²) >= 11 is 1.73. The van der Waals surface area contributed by atoms with E-state index in [1.54, 1.807) is 36.2 Å². The zero-order chi connectivity index (χ0) is 17.7. The average molecular weight is 377 g/mol. The summed E-state index contributed by atoms with van der Waals surface area (Å²) in [6.07, 6.45) is 2.48. The average Bonchev–Trinajstić information content (AvgIpc) is 3.13. The van der Waals surface area contributed by atoms with Crippen LogP contribution in [0.1, 0.15) is 22.5 Å². The van der Waals surface area contributed by atoms with Crippen LogP contribution in [0.5, 0.6) is 0 Å². The molecule has 1 aromatic heterocycles. The number of carbonyl (C=O) groups excluding carboxylic acids is 1. The zero-order valence-electron chi connectivity index (χ0n) is 13.5. The molecule has 132 valence electrons. The van der Waals surface area contributed by atoms with Gasteiger partial charge in [-0.05, 0) is 42.5 Å². The van der Waals surface area contributed by atoms with Crippen LogP contribution >= 0.6 is 11.8 Å². The molecular weight excluding hydrogens is 358 g/mol. The van der Waals surface area contributed by atoms with Crippen molar-refractivity contribution in [1.82, 2.24) is 15.0 Å². The van der Waals surface area contributed by atoms with Gasteiger partial charge in [0.25, 0.3) is 5.91 Å². The third-order valence-electron chi connectivity index (χ3n) is 3.81. The van der Waals surface area contributed by atoms with Crippen LogP contribution in [0.4, 0.5) is 0 Å². The zero-order valence-corrected chi connectivity index (χ0v) is 15.1. The number of sulfonamides is 1. The van der Waals surface area contributed by atoms with E-state index in [1.165, 1.54) is 12.1 Å². The molecule has 8 heteroatoms. The molecule has 0 spiro atoms. The molecule has 1 amide bonds. The molecule has 0 aliphatic carbocycles. The molecule has 1 aliphatic rings. The number of aromatic nitrogens is 1. The second-order valence-corrected chi connectivity index (χ2v) is 8.58. The van der Waals surface area contributed by atoms with Crippen LogP contribution in [0, 0.1) is 0 Å². The minimum Gasteiger partial charge on any atom is -0.346 e. The lowest BCUT2D eigenvalue weighted by Crippen LogP contribution is -2.34. The Balaban J connectivity index is 1.68. The molecule has 0 radical (unpaired) electrons. The minimum atomic E-state index is -3.62. The van der Waals surface area contributed by atoms with Gasteiger partial charge in [-0.25, -0.2) is 13.1 Å². The first kappa shape index (κ1) is 17.9. The monoisotopic (exact) mass is 377 g/mol. The molecule has 0 saturated carbocycles. The molecule has 1 aromatic carbocycles. The fourth-order valence-electron chi connectivity index (χ4n) is 2.50. The number of hydrogen-bond acceptors (Lipinski definition) is 5. The molecular formula is C17H19N3O3S2. The highest BCUT2D eigenvalue weighted by molar-refractivity contribution is 7.99. The SMILES string of the molecule is O=C(NCc1ccccn1)c1cccc(S(=O)(=O)N[C@H]2CCSC2)c1. The van der Waals surface area contributed by atoms with Gasteiger partial charge in [-0.3, -0.25) is 9.78 Å². The maximum Gasteiger partial charge on any atom is 0.251 e. The Morgan fingerprint density at radius 3 is 2.84 bits per heavy atom. The number of hydrogen-bond donors (Lipinski definition) is 2. The van der Waals surface area contributed by atoms with Crippen molar-refractivity contribution in [3.8, 4) is 0 Å².